The van der Waals surface area contributed by atoms with E-state index in [4.69, 9.17) is 0 Å². The molecule has 4 saturated carbocycles. The molecule has 26 heavy (non-hydrogen) atoms. The number of non-ortho nitro benzene ring substituents is 1. The summed E-state index contributed by atoms with van der Waals surface area (Å²) in [6.07, 6.45) is 9.36. The van der Waals surface area contributed by atoms with Gasteiger partial charge in [0.15, 0.2) is 0 Å². The number of nitro benzene ring substituents is 1. The van der Waals surface area contributed by atoms with E-state index in [1.54, 1.807) is 6.21 Å². The van der Waals surface area contributed by atoms with Crippen LogP contribution in [0, 0.1) is 32.3 Å². The molecule has 6 heteroatoms. The van der Waals surface area contributed by atoms with Gasteiger partial charge < -0.3 is 5.11 Å². The van der Waals surface area contributed by atoms with E-state index in [-0.39, 0.29) is 16.9 Å². The number of phenols is 1. The quantitative estimate of drug-likeness (QED) is 0.398. The van der Waals surface area contributed by atoms with Crippen molar-refractivity contribution in [2.75, 3.05) is 6.54 Å². The van der Waals surface area contributed by atoms with Crippen LogP contribution in [0.25, 0.3) is 0 Å². The van der Waals surface area contributed by atoms with E-state index in [1.807, 2.05) is 0 Å². The number of halogens is 1. The topological polar surface area (TPSA) is 75.7 Å². The third-order valence-electron chi connectivity index (χ3n) is 6.69. The lowest BCUT2D eigenvalue weighted by Gasteiger charge is -2.65. The summed E-state index contributed by atoms with van der Waals surface area (Å²) < 4.78 is 0.322. The molecule has 4 fully saturated rings. The molecule has 4 aliphatic rings. The van der Waals surface area contributed by atoms with Crippen LogP contribution in [0.1, 0.15) is 57.9 Å². The van der Waals surface area contributed by atoms with Gasteiger partial charge in [-0.1, -0.05) is 13.8 Å². The Labute approximate surface area is 162 Å². The van der Waals surface area contributed by atoms with Crippen molar-refractivity contribution < 1.29 is 10.0 Å². The summed E-state index contributed by atoms with van der Waals surface area (Å²) >= 11 is 3.19. The fourth-order valence-corrected chi connectivity index (χ4v) is 7.47. The fourth-order valence-electron chi connectivity index (χ4n) is 7.01. The van der Waals surface area contributed by atoms with Gasteiger partial charge in [-0.25, -0.2) is 0 Å². The molecule has 4 atom stereocenters. The van der Waals surface area contributed by atoms with E-state index >= 15 is 0 Å². The van der Waals surface area contributed by atoms with Gasteiger partial charge in [-0.05, 0) is 76.6 Å². The zero-order valence-corrected chi connectivity index (χ0v) is 16.9. The maximum Gasteiger partial charge on any atom is 0.271 e. The van der Waals surface area contributed by atoms with E-state index in [9.17, 15) is 15.2 Å². The molecular formula is C20H25BrN2O3. The summed E-state index contributed by atoms with van der Waals surface area (Å²) in [6.45, 7) is 5.63. The molecule has 1 aromatic carbocycles. The number of hydrogen-bond acceptors (Lipinski definition) is 4. The molecule has 4 bridgehead atoms. The van der Waals surface area contributed by atoms with Gasteiger partial charge in [-0.3, -0.25) is 15.1 Å². The number of nitro groups is 1. The molecule has 2 unspecified atom stereocenters. The van der Waals surface area contributed by atoms with Crippen molar-refractivity contribution >= 4 is 27.8 Å². The molecule has 0 spiro atoms. The summed E-state index contributed by atoms with van der Waals surface area (Å²) in [7, 11) is 0. The molecule has 0 saturated heterocycles. The highest BCUT2D eigenvalue weighted by Gasteiger charge is 2.59. The third kappa shape index (κ3) is 3.06. The second kappa shape index (κ2) is 5.78. The fraction of sp³-hybridized carbons (Fsp3) is 0.650. The summed E-state index contributed by atoms with van der Waals surface area (Å²) in [6, 6.07) is 2.69. The first-order chi connectivity index (χ1) is 12.1. The Morgan fingerprint density at radius 2 is 1.92 bits per heavy atom. The Kier molecular flexibility index (Phi) is 3.99. The van der Waals surface area contributed by atoms with Gasteiger partial charge in [0.05, 0.1) is 9.40 Å². The standard InChI is InChI=1S/C20H25BrN2O3/c1-18-5-13-6-19(2,9-18)11-20(7-13,10-18)12-22-8-14-3-15(23(25)26)4-16(21)17(14)24/h3-4,8,13,24H,5-7,9-12H2,1-2H3/t13?,18-,19+,20?. The average molecular weight is 421 g/mol. The maximum atomic E-state index is 11.0. The summed E-state index contributed by atoms with van der Waals surface area (Å²) in [5.41, 5.74) is 1.49. The van der Waals surface area contributed by atoms with Crippen molar-refractivity contribution in [1.29, 1.82) is 0 Å². The number of hydrogen-bond donors (Lipinski definition) is 1. The first-order valence-electron chi connectivity index (χ1n) is 9.28. The van der Waals surface area contributed by atoms with Crippen LogP contribution in [0.15, 0.2) is 21.6 Å². The molecule has 4 aliphatic carbocycles. The predicted molar refractivity (Wildman–Crippen MR) is 105 cm³/mol. The van der Waals surface area contributed by atoms with Crippen molar-refractivity contribution in [2.24, 2.45) is 27.2 Å². The van der Waals surface area contributed by atoms with E-state index in [0.29, 0.717) is 20.9 Å². The van der Waals surface area contributed by atoms with Crippen LogP contribution in [-0.2, 0) is 0 Å². The number of aliphatic imine (C=N–C) groups is 1. The number of aromatic hydroxyl groups is 1. The van der Waals surface area contributed by atoms with Crippen LogP contribution in [0.4, 0.5) is 5.69 Å². The van der Waals surface area contributed by atoms with E-state index < -0.39 is 4.92 Å². The van der Waals surface area contributed by atoms with Crippen molar-refractivity contribution in [3.05, 3.63) is 32.3 Å². The third-order valence-corrected chi connectivity index (χ3v) is 7.29. The number of nitrogens with zero attached hydrogens (tertiary/aromatic N) is 2. The van der Waals surface area contributed by atoms with Gasteiger partial charge in [-0.2, -0.15) is 0 Å². The molecule has 0 aromatic heterocycles. The highest BCUT2D eigenvalue weighted by molar-refractivity contribution is 9.10. The molecule has 0 radical (unpaired) electrons. The lowest BCUT2D eigenvalue weighted by atomic mass is 9.40. The van der Waals surface area contributed by atoms with Crippen LogP contribution in [0.5, 0.6) is 5.75 Å². The van der Waals surface area contributed by atoms with E-state index in [0.717, 1.165) is 12.5 Å². The minimum atomic E-state index is -0.456. The normalized spacial score (nSPS) is 38.2. The highest BCUT2D eigenvalue weighted by atomic mass is 79.9. The van der Waals surface area contributed by atoms with Gasteiger partial charge in [0.25, 0.3) is 5.69 Å². The van der Waals surface area contributed by atoms with Gasteiger partial charge in [0.1, 0.15) is 5.75 Å². The van der Waals surface area contributed by atoms with E-state index in [2.05, 4.69) is 34.8 Å². The monoisotopic (exact) mass is 420 g/mol. The number of benzene rings is 1. The lowest BCUT2D eigenvalue weighted by Crippen LogP contribution is -2.55. The van der Waals surface area contributed by atoms with Crippen molar-refractivity contribution in [3.63, 3.8) is 0 Å². The van der Waals surface area contributed by atoms with E-state index in [1.165, 1.54) is 50.7 Å². The van der Waals surface area contributed by atoms with Gasteiger partial charge in [0, 0.05) is 30.5 Å². The Morgan fingerprint density at radius 3 is 2.50 bits per heavy atom. The minimum Gasteiger partial charge on any atom is -0.506 e. The molecule has 140 valence electrons. The van der Waals surface area contributed by atoms with Crippen LogP contribution in [0.3, 0.4) is 0 Å². The second-order valence-electron chi connectivity index (χ2n) is 9.72. The summed E-state index contributed by atoms with van der Waals surface area (Å²) in [4.78, 5) is 15.3. The van der Waals surface area contributed by atoms with Crippen molar-refractivity contribution in [3.8, 4) is 5.75 Å². The molecule has 0 heterocycles. The smallest absolute Gasteiger partial charge is 0.271 e. The van der Waals surface area contributed by atoms with Crippen LogP contribution in [-0.4, -0.2) is 22.8 Å². The largest absolute Gasteiger partial charge is 0.506 e. The summed E-state index contributed by atoms with van der Waals surface area (Å²) in [5.74, 6) is 0.820. The number of rotatable bonds is 4. The molecule has 0 amide bonds. The minimum absolute atomic E-state index is 0.00351. The van der Waals surface area contributed by atoms with Crippen LogP contribution >= 0.6 is 15.9 Å². The Balaban J connectivity index is 1.57. The van der Waals surface area contributed by atoms with Gasteiger partial charge in [0.2, 0.25) is 0 Å². The highest BCUT2D eigenvalue weighted by Crippen LogP contribution is 2.69. The second-order valence-corrected chi connectivity index (χ2v) is 10.6. The predicted octanol–water partition coefficient (Wildman–Crippen LogP) is 5.48. The Morgan fingerprint density at radius 1 is 1.27 bits per heavy atom. The molecule has 1 N–H and O–H groups in total. The summed E-state index contributed by atoms with van der Waals surface area (Å²) in [5, 5.41) is 21.2. The SMILES string of the molecule is C[C@]12CC3CC(CN=Cc4cc([N+](=O)[O-])cc(Br)c4O)(C1)C[C@@](C)(C3)C2. The van der Waals surface area contributed by atoms with Gasteiger partial charge >= 0.3 is 0 Å². The average Bonchev–Trinajstić information content (AvgIpc) is 2.47. The molecule has 5 nitrogen and oxygen atoms in total. The Bertz CT molecular complexity index is 788. The zero-order valence-electron chi connectivity index (χ0n) is 15.3. The zero-order chi connectivity index (χ0) is 18.7. The maximum absolute atomic E-state index is 11.0. The van der Waals surface area contributed by atoms with Crippen molar-refractivity contribution in [1.82, 2.24) is 0 Å². The number of phenolic OH excluding ortho intramolecular Hbond substituents is 1. The first-order valence-corrected chi connectivity index (χ1v) is 10.1. The molecular weight excluding hydrogens is 396 g/mol. The molecule has 5 rings (SSSR count). The van der Waals surface area contributed by atoms with Crippen LogP contribution in [0.2, 0.25) is 0 Å². The van der Waals surface area contributed by atoms with Crippen LogP contribution < -0.4 is 0 Å². The molecule has 0 aliphatic heterocycles. The Hall–Kier alpha value is -1.43. The van der Waals surface area contributed by atoms with Gasteiger partial charge in [-0.15, -0.1) is 0 Å². The first kappa shape index (κ1) is 18.0. The molecule has 1 aromatic rings. The lowest BCUT2D eigenvalue weighted by molar-refractivity contribution is -0.385. The van der Waals surface area contributed by atoms with Crippen molar-refractivity contribution in [2.45, 2.75) is 52.4 Å².